The number of halogens is 4. The zero-order valence-corrected chi connectivity index (χ0v) is 12.6. The second-order valence-corrected chi connectivity index (χ2v) is 6.31. The van der Waals surface area contributed by atoms with E-state index in [2.05, 4.69) is 5.32 Å². The Kier molecular flexibility index (Phi) is 4.63. The Bertz CT molecular complexity index is 895. The predicted molar refractivity (Wildman–Crippen MR) is 77.2 cm³/mol. The quantitative estimate of drug-likeness (QED) is 0.823. The van der Waals surface area contributed by atoms with Crippen LogP contribution in [-0.4, -0.2) is 14.3 Å². The lowest BCUT2D eigenvalue weighted by Crippen LogP contribution is -2.16. The van der Waals surface area contributed by atoms with Crippen molar-refractivity contribution in [3.8, 4) is 0 Å². The second-order valence-electron chi connectivity index (χ2n) is 4.75. The number of benzene rings is 2. The standard InChI is InChI=1S/C14H10F4N2O3S/c15-10-5-11(7-12(6-10)24(19,22)23)20-13(21)8-2-1-3-9(4-8)14(16,17)18/h1-7H,(H,20,21)(H2,19,22,23). The van der Waals surface area contributed by atoms with Crippen LogP contribution in [0.1, 0.15) is 15.9 Å². The van der Waals surface area contributed by atoms with E-state index in [1.54, 1.807) is 0 Å². The summed E-state index contributed by atoms with van der Waals surface area (Å²) in [7, 11) is -4.21. The van der Waals surface area contributed by atoms with Crippen LogP contribution in [0, 0.1) is 5.82 Å². The number of hydrogen-bond acceptors (Lipinski definition) is 3. The van der Waals surface area contributed by atoms with Gasteiger partial charge in [0.25, 0.3) is 5.91 Å². The van der Waals surface area contributed by atoms with Crippen molar-refractivity contribution in [3.05, 3.63) is 59.4 Å². The van der Waals surface area contributed by atoms with E-state index in [1.165, 1.54) is 0 Å². The summed E-state index contributed by atoms with van der Waals surface area (Å²) in [6.45, 7) is 0. The largest absolute Gasteiger partial charge is 0.416 e. The van der Waals surface area contributed by atoms with Crippen LogP contribution < -0.4 is 10.5 Å². The van der Waals surface area contributed by atoms with Gasteiger partial charge in [0.15, 0.2) is 0 Å². The van der Waals surface area contributed by atoms with Crippen molar-refractivity contribution in [2.75, 3.05) is 5.32 Å². The maximum atomic E-state index is 13.4. The molecular formula is C14H10F4N2O3S. The zero-order chi connectivity index (χ0) is 18.1. The number of hydrogen-bond donors (Lipinski definition) is 2. The molecule has 0 heterocycles. The van der Waals surface area contributed by atoms with Gasteiger partial charge in [-0.15, -0.1) is 0 Å². The van der Waals surface area contributed by atoms with Crippen molar-refractivity contribution in [2.24, 2.45) is 5.14 Å². The van der Waals surface area contributed by atoms with Crippen LogP contribution in [0.2, 0.25) is 0 Å². The van der Waals surface area contributed by atoms with Crippen LogP contribution in [0.25, 0.3) is 0 Å². The minimum Gasteiger partial charge on any atom is -0.322 e. The van der Waals surface area contributed by atoms with Crippen molar-refractivity contribution in [1.82, 2.24) is 0 Å². The highest BCUT2D eigenvalue weighted by molar-refractivity contribution is 7.89. The first-order chi connectivity index (χ1) is 11.0. The van der Waals surface area contributed by atoms with Crippen LogP contribution >= 0.6 is 0 Å². The molecular weight excluding hydrogens is 352 g/mol. The van der Waals surface area contributed by atoms with Gasteiger partial charge in [0.2, 0.25) is 10.0 Å². The van der Waals surface area contributed by atoms with Gasteiger partial charge in [-0.25, -0.2) is 17.9 Å². The lowest BCUT2D eigenvalue weighted by atomic mass is 10.1. The lowest BCUT2D eigenvalue weighted by molar-refractivity contribution is -0.137. The second kappa shape index (κ2) is 6.21. The van der Waals surface area contributed by atoms with Crippen LogP contribution in [0.4, 0.5) is 23.2 Å². The molecule has 0 unspecified atom stereocenters. The molecule has 0 saturated heterocycles. The zero-order valence-electron chi connectivity index (χ0n) is 11.8. The van der Waals surface area contributed by atoms with E-state index in [9.17, 15) is 30.8 Å². The molecule has 0 spiro atoms. The summed E-state index contributed by atoms with van der Waals surface area (Å²) in [5.41, 5.74) is -1.62. The lowest BCUT2D eigenvalue weighted by Gasteiger charge is -2.10. The van der Waals surface area contributed by atoms with Gasteiger partial charge in [-0.05, 0) is 36.4 Å². The van der Waals surface area contributed by atoms with E-state index in [-0.39, 0.29) is 11.3 Å². The van der Waals surface area contributed by atoms with Gasteiger partial charge in [-0.1, -0.05) is 6.07 Å². The third-order valence-electron chi connectivity index (χ3n) is 2.91. The average Bonchev–Trinajstić information content (AvgIpc) is 2.45. The molecule has 10 heteroatoms. The van der Waals surface area contributed by atoms with Crippen molar-refractivity contribution in [1.29, 1.82) is 0 Å². The molecule has 0 fully saturated rings. The molecule has 0 saturated carbocycles. The van der Waals surface area contributed by atoms with Crippen LogP contribution in [0.15, 0.2) is 47.4 Å². The number of nitrogens with two attached hydrogens (primary N) is 1. The molecule has 0 aliphatic heterocycles. The van der Waals surface area contributed by atoms with Gasteiger partial charge in [0, 0.05) is 11.3 Å². The van der Waals surface area contributed by atoms with E-state index in [0.29, 0.717) is 12.1 Å². The highest BCUT2D eigenvalue weighted by Crippen LogP contribution is 2.29. The van der Waals surface area contributed by atoms with E-state index < -0.39 is 38.4 Å². The van der Waals surface area contributed by atoms with Crippen molar-refractivity contribution >= 4 is 21.6 Å². The number of primary sulfonamides is 1. The molecule has 2 aromatic carbocycles. The number of nitrogens with one attached hydrogen (secondary N) is 1. The Balaban J connectivity index is 2.32. The van der Waals surface area contributed by atoms with Crippen molar-refractivity contribution in [2.45, 2.75) is 11.1 Å². The number of carbonyl (C=O) groups is 1. The number of amides is 1. The highest BCUT2D eigenvalue weighted by Gasteiger charge is 2.30. The first-order valence-corrected chi connectivity index (χ1v) is 7.83. The third kappa shape index (κ3) is 4.30. The van der Waals surface area contributed by atoms with Crippen molar-refractivity contribution < 1.29 is 30.8 Å². The number of carbonyl (C=O) groups excluding carboxylic acids is 1. The minimum absolute atomic E-state index is 0.263. The molecule has 0 aromatic heterocycles. The van der Waals surface area contributed by atoms with Gasteiger partial charge >= 0.3 is 6.18 Å². The predicted octanol–water partition coefficient (Wildman–Crippen LogP) is 2.74. The van der Waals surface area contributed by atoms with Gasteiger partial charge in [-0.2, -0.15) is 13.2 Å². The van der Waals surface area contributed by atoms with Gasteiger partial charge in [-0.3, -0.25) is 4.79 Å². The number of anilines is 1. The minimum atomic E-state index is -4.63. The highest BCUT2D eigenvalue weighted by atomic mass is 32.2. The van der Waals surface area contributed by atoms with Crippen molar-refractivity contribution in [3.63, 3.8) is 0 Å². The monoisotopic (exact) mass is 362 g/mol. The van der Waals surface area contributed by atoms with Crippen LogP contribution in [-0.2, 0) is 16.2 Å². The summed E-state index contributed by atoms with van der Waals surface area (Å²) in [5, 5.41) is 7.00. The molecule has 3 N–H and O–H groups in total. The molecule has 0 bridgehead atoms. The van der Waals surface area contributed by atoms with E-state index in [0.717, 1.165) is 30.3 Å². The fourth-order valence-electron chi connectivity index (χ4n) is 1.84. The molecule has 5 nitrogen and oxygen atoms in total. The SMILES string of the molecule is NS(=O)(=O)c1cc(F)cc(NC(=O)c2cccc(C(F)(F)F)c2)c1. The fourth-order valence-corrected chi connectivity index (χ4v) is 2.41. The Hall–Kier alpha value is -2.46. The maximum absolute atomic E-state index is 13.4. The molecule has 0 aliphatic rings. The maximum Gasteiger partial charge on any atom is 0.416 e. The van der Waals surface area contributed by atoms with Gasteiger partial charge in [0.1, 0.15) is 5.82 Å². The Labute approximate surface area is 134 Å². The van der Waals surface area contributed by atoms with Gasteiger partial charge in [0.05, 0.1) is 10.5 Å². The molecule has 0 atom stereocenters. The smallest absolute Gasteiger partial charge is 0.322 e. The first kappa shape index (κ1) is 17.9. The molecule has 24 heavy (non-hydrogen) atoms. The van der Waals surface area contributed by atoms with Crippen LogP contribution in [0.3, 0.4) is 0 Å². The van der Waals surface area contributed by atoms with E-state index >= 15 is 0 Å². The normalized spacial score (nSPS) is 12.0. The Morgan fingerprint density at radius 2 is 1.75 bits per heavy atom. The number of alkyl halides is 3. The fraction of sp³-hybridized carbons (Fsp3) is 0.0714. The van der Waals surface area contributed by atoms with E-state index in [4.69, 9.17) is 5.14 Å². The number of sulfonamides is 1. The summed E-state index contributed by atoms with van der Waals surface area (Å²) in [5.74, 6) is -1.95. The van der Waals surface area contributed by atoms with Gasteiger partial charge < -0.3 is 5.32 Å². The Morgan fingerprint density at radius 3 is 2.33 bits per heavy atom. The average molecular weight is 362 g/mol. The Morgan fingerprint density at radius 1 is 1.08 bits per heavy atom. The van der Waals surface area contributed by atoms with E-state index in [1.807, 2.05) is 0 Å². The molecule has 128 valence electrons. The molecule has 1 amide bonds. The molecule has 0 radical (unpaired) electrons. The molecule has 2 aromatic rings. The summed E-state index contributed by atoms with van der Waals surface area (Å²) in [6, 6.07) is 5.93. The number of rotatable bonds is 3. The molecule has 2 rings (SSSR count). The summed E-state index contributed by atoms with van der Waals surface area (Å²) < 4.78 is 73.8. The summed E-state index contributed by atoms with van der Waals surface area (Å²) >= 11 is 0. The third-order valence-corrected chi connectivity index (χ3v) is 3.80. The topological polar surface area (TPSA) is 89.3 Å². The first-order valence-electron chi connectivity index (χ1n) is 6.29. The molecule has 0 aliphatic carbocycles. The summed E-state index contributed by atoms with van der Waals surface area (Å²) in [4.78, 5) is 11.4. The summed E-state index contributed by atoms with van der Waals surface area (Å²) in [6.07, 6.45) is -4.63. The van der Waals surface area contributed by atoms with Crippen LogP contribution in [0.5, 0.6) is 0 Å².